The van der Waals surface area contributed by atoms with Crippen molar-refractivity contribution in [1.82, 2.24) is 4.90 Å². The molecule has 1 aliphatic rings. The number of nitrogens with one attached hydrogen (secondary N) is 1. The van der Waals surface area contributed by atoms with Crippen LogP contribution in [0.2, 0.25) is 0 Å². The maximum absolute atomic E-state index is 12.0. The quantitative estimate of drug-likeness (QED) is 0.797. The van der Waals surface area contributed by atoms with Crippen molar-refractivity contribution >= 4 is 56.6 Å². The normalized spacial score (nSPS) is 19.0. The largest absolute Gasteiger partial charge is 0.336 e. The maximum atomic E-state index is 12.0. The molecule has 0 aliphatic heterocycles. The first-order valence-corrected chi connectivity index (χ1v) is 7.94. The fourth-order valence-corrected chi connectivity index (χ4v) is 2.97. The third-order valence-electron chi connectivity index (χ3n) is 3.34. The molecular formula is C14H15BrCl2N2O2. The Kier molecular flexibility index (Phi) is 4.85. The SMILES string of the molecule is Cc1cc(Br)ccc1NC(=O)CN(C)C(=O)C1CC1(Cl)Cl. The van der Waals surface area contributed by atoms with Gasteiger partial charge in [0.05, 0.1) is 12.5 Å². The summed E-state index contributed by atoms with van der Waals surface area (Å²) in [6, 6.07) is 5.56. The van der Waals surface area contributed by atoms with E-state index >= 15 is 0 Å². The molecule has 1 N–H and O–H groups in total. The lowest BCUT2D eigenvalue weighted by Crippen LogP contribution is -2.36. The third-order valence-corrected chi connectivity index (χ3v) is 4.67. The second-order valence-electron chi connectivity index (χ2n) is 5.22. The van der Waals surface area contributed by atoms with Crippen LogP contribution in [-0.4, -0.2) is 34.6 Å². The molecule has 0 saturated heterocycles. The molecule has 0 spiro atoms. The molecule has 21 heavy (non-hydrogen) atoms. The van der Waals surface area contributed by atoms with E-state index in [1.165, 1.54) is 4.90 Å². The Morgan fingerprint density at radius 1 is 1.48 bits per heavy atom. The second-order valence-corrected chi connectivity index (χ2v) is 7.68. The van der Waals surface area contributed by atoms with Gasteiger partial charge in [-0.3, -0.25) is 9.59 Å². The van der Waals surface area contributed by atoms with Crippen LogP contribution >= 0.6 is 39.1 Å². The van der Waals surface area contributed by atoms with Crippen LogP contribution < -0.4 is 5.32 Å². The van der Waals surface area contributed by atoms with Gasteiger partial charge in [-0.05, 0) is 37.1 Å². The van der Waals surface area contributed by atoms with Gasteiger partial charge in [-0.15, -0.1) is 23.2 Å². The van der Waals surface area contributed by atoms with E-state index in [4.69, 9.17) is 23.2 Å². The highest BCUT2D eigenvalue weighted by atomic mass is 79.9. The monoisotopic (exact) mass is 392 g/mol. The molecule has 1 aromatic carbocycles. The topological polar surface area (TPSA) is 49.4 Å². The van der Waals surface area contributed by atoms with Gasteiger partial charge in [0.25, 0.3) is 0 Å². The fourth-order valence-electron chi connectivity index (χ4n) is 2.00. The summed E-state index contributed by atoms with van der Waals surface area (Å²) in [5.41, 5.74) is 1.66. The molecule has 1 aliphatic carbocycles. The molecule has 1 fully saturated rings. The first-order chi connectivity index (χ1) is 9.70. The zero-order valence-electron chi connectivity index (χ0n) is 11.6. The molecule has 2 rings (SSSR count). The first kappa shape index (κ1) is 16.6. The number of benzene rings is 1. The first-order valence-electron chi connectivity index (χ1n) is 6.39. The van der Waals surface area contributed by atoms with E-state index in [0.717, 1.165) is 15.7 Å². The molecular weight excluding hydrogens is 379 g/mol. The van der Waals surface area contributed by atoms with Gasteiger partial charge < -0.3 is 10.2 Å². The predicted molar refractivity (Wildman–Crippen MR) is 87.7 cm³/mol. The number of carbonyl (C=O) groups is 2. The zero-order valence-corrected chi connectivity index (χ0v) is 14.7. The van der Waals surface area contributed by atoms with Gasteiger partial charge >= 0.3 is 0 Å². The fraction of sp³-hybridized carbons (Fsp3) is 0.429. The van der Waals surface area contributed by atoms with Crippen molar-refractivity contribution in [3.63, 3.8) is 0 Å². The van der Waals surface area contributed by atoms with Crippen LogP contribution in [0.5, 0.6) is 0 Å². The number of carbonyl (C=O) groups excluding carboxylic acids is 2. The standard InChI is InChI=1S/C14H15BrCl2N2O2/c1-8-5-9(15)3-4-11(8)18-12(20)7-19(2)13(21)10-6-14(10,16)17/h3-5,10H,6-7H2,1-2H3,(H,18,20). The number of hydrogen-bond donors (Lipinski definition) is 1. The third kappa shape index (κ3) is 4.11. The summed E-state index contributed by atoms with van der Waals surface area (Å²) in [6.45, 7) is 1.86. The minimum absolute atomic E-state index is 0.0330. The molecule has 0 heterocycles. The number of likely N-dealkylation sites (N-methyl/N-ethyl adjacent to an activating group) is 1. The van der Waals surface area contributed by atoms with Crippen LogP contribution in [0.1, 0.15) is 12.0 Å². The summed E-state index contributed by atoms with van der Waals surface area (Å²) in [4.78, 5) is 25.3. The minimum atomic E-state index is -0.968. The van der Waals surface area contributed by atoms with E-state index in [1.807, 2.05) is 25.1 Å². The lowest BCUT2D eigenvalue weighted by atomic mass is 10.2. The average Bonchev–Trinajstić information content (AvgIpc) is 3.01. The van der Waals surface area contributed by atoms with Gasteiger partial charge in [-0.25, -0.2) is 0 Å². The second kappa shape index (κ2) is 6.15. The Hall–Kier alpha value is -0.780. The Morgan fingerprint density at radius 2 is 2.10 bits per heavy atom. The number of halogens is 3. The van der Waals surface area contributed by atoms with E-state index < -0.39 is 10.3 Å². The van der Waals surface area contributed by atoms with E-state index in [9.17, 15) is 9.59 Å². The summed E-state index contributed by atoms with van der Waals surface area (Å²) in [5.74, 6) is -0.873. The number of rotatable bonds is 4. The van der Waals surface area contributed by atoms with E-state index in [1.54, 1.807) is 7.05 Å². The van der Waals surface area contributed by atoms with Gasteiger partial charge in [-0.2, -0.15) is 0 Å². The number of aryl methyl sites for hydroxylation is 1. The predicted octanol–water partition coefficient (Wildman–Crippen LogP) is 3.35. The Balaban J connectivity index is 1.91. The van der Waals surface area contributed by atoms with Crippen LogP contribution in [0.25, 0.3) is 0 Å². The molecule has 0 aromatic heterocycles. The molecule has 2 amide bonds. The Labute approximate surface area is 141 Å². The van der Waals surface area contributed by atoms with Gasteiger partial charge in [0, 0.05) is 17.2 Å². The molecule has 1 unspecified atom stereocenters. The van der Waals surface area contributed by atoms with Crippen LogP contribution in [-0.2, 0) is 9.59 Å². The molecule has 7 heteroatoms. The van der Waals surface area contributed by atoms with E-state index in [-0.39, 0.29) is 18.4 Å². The number of nitrogens with zero attached hydrogens (tertiary/aromatic N) is 1. The van der Waals surface area contributed by atoms with Crippen molar-refractivity contribution in [3.8, 4) is 0 Å². The highest BCUT2D eigenvalue weighted by Crippen LogP contribution is 2.53. The van der Waals surface area contributed by atoms with Crippen molar-refractivity contribution in [2.75, 3.05) is 18.9 Å². The summed E-state index contributed by atoms with van der Waals surface area (Å²) in [6.07, 6.45) is 0.437. The number of hydrogen-bond acceptors (Lipinski definition) is 2. The number of alkyl halides is 2. The lowest BCUT2D eigenvalue weighted by molar-refractivity contribution is -0.134. The highest BCUT2D eigenvalue weighted by Gasteiger charge is 2.57. The highest BCUT2D eigenvalue weighted by molar-refractivity contribution is 9.10. The molecule has 0 radical (unpaired) electrons. The average molecular weight is 394 g/mol. The van der Waals surface area contributed by atoms with Gasteiger partial charge in [0.1, 0.15) is 4.33 Å². The van der Waals surface area contributed by atoms with Crippen LogP contribution in [0.4, 0.5) is 5.69 Å². The number of anilines is 1. The summed E-state index contributed by atoms with van der Waals surface area (Å²) in [5, 5.41) is 2.78. The molecule has 1 atom stereocenters. The molecule has 1 aromatic rings. The van der Waals surface area contributed by atoms with Crippen molar-refractivity contribution in [2.45, 2.75) is 17.7 Å². The van der Waals surface area contributed by atoms with Crippen LogP contribution in [0, 0.1) is 12.8 Å². The summed E-state index contributed by atoms with van der Waals surface area (Å²) >= 11 is 15.1. The van der Waals surface area contributed by atoms with Crippen LogP contribution in [0.3, 0.4) is 0 Å². The van der Waals surface area contributed by atoms with E-state index in [0.29, 0.717) is 6.42 Å². The van der Waals surface area contributed by atoms with Gasteiger partial charge in [-0.1, -0.05) is 15.9 Å². The molecule has 4 nitrogen and oxygen atoms in total. The van der Waals surface area contributed by atoms with Gasteiger partial charge in [0.15, 0.2) is 0 Å². The van der Waals surface area contributed by atoms with Crippen LogP contribution in [0.15, 0.2) is 22.7 Å². The van der Waals surface area contributed by atoms with Crippen molar-refractivity contribution in [2.24, 2.45) is 5.92 Å². The summed E-state index contributed by atoms with van der Waals surface area (Å²) in [7, 11) is 1.57. The molecule has 114 valence electrons. The minimum Gasteiger partial charge on any atom is -0.336 e. The Bertz CT molecular complexity index is 592. The van der Waals surface area contributed by atoms with Crippen molar-refractivity contribution in [3.05, 3.63) is 28.2 Å². The summed E-state index contributed by atoms with van der Waals surface area (Å²) < 4.78 is -0.0241. The molecule has 1 saturated carbocycles. The smallest absolute Gasteiger partial charge is 0.243 e. The zero-order chi connectivity index (χ0) is 15.8. The van der Waals surface area contributed by atoms with Crippen molar-refractivity contribution < 1.29 is 9.59 Å². The van der Waals surface area contributed by atoms with Crippen molar-refractivity contribution in [1.29, 1.82) is 0 Å². The number of amides is 2. The van der Waals surface area contributed by atoms with Gasteiger partial charge in [0.2, 0.25) is 11.8 Å². The Morgan fingerprint density at radius 3 is 2.62 bits per heavy atom. The molecule has 0 bridgehead atoms. The lowest BCUT2D eigenvalue weighted by Gasteiger charge is -2.17. The van der Waals surface area contributed by atoms with E-state index in [2.05, 4.69) is 21.2 Å². The maximum Gasteiger partial charge on any atom is 0.243 e.